The van der Waals surface area contributed by atoms with Gasteiger partial charge >= 0.3 is 0 Å². The molecule has 1 N–H and O–H groups in total. The molecule has 4 saturated carbocycles. The number of hydrogen-bond donors (Lipinski definition) is 1. The Bertz CT molecular complexity index is 583. The maximum atomic E-state index is 11.5. The SMILES string of the molecule is CCC[C@]1(O)CC[C@@H]2[C@H]3CC[C@H]4C[C@@]5(CO5)[C@H](C)C[C@]4(C)[C@H]3CC[C@@]21C. The Kier molecular flexibility index (Phi) is 3.80. The van der Waals surface area contributed by atoms with Gasteiger partial charge in [-0.1, -0.05) is 34.1 Å². The van der Waals surface area contributed by atoms with Crippen molar-refractivity contribution in [1.82, 2.24) is 0 Å². The second-order valence-electron chi connectivity index (χ2n) is 11.6. The number of fused-ring (bicyclic) bond motifs is 5. The Morgan fingerprint density at radius 2 is 1.73 bits per heavy atom. The quantitative estimate of drug-likeness (QED) is 0.652. The van der Waals surface area contributed by atoms with Gasteiger partial charge in [-0.15, -0.1) is 0 Å². The first-order valence-electron chi connectivity index (χ1n) is 11.6. The molecule has 0 aromatic carbocycles. The molecule has 1 aliphatic heterocycles. The van der Waals surface area contributed by atoms with Gasteiger partial charge in [0, 0.05) is 0 Å². The minimum absolute atomic E-state index is 0.175. The highest BCUT2D eigenvalue weighted by Gasteiger charge is 2.67. The number of rotatable bonds is 2. The lowest BCUT2D eigenvalue weighted by Gasteiger charge is -2.62. The standard InChI is InChI=1S/C24H40O2/c1-5-10-24(25)12-9-20-18-7-6-17-14-23(15-26-23)16(2)13-21(17,3)19(18)8-11-22(20,24)4/h16-20,25H,5-15H2,1-4H3/t16-,17+,18+,19+,20-,21+,22+,23-,24+/m1/s1. The number of aliphatic hydroxyl groups is 1. The molecule has 0 unspecified atom stereocenters. The van der Waals surface area contributed by atoms with E-state index in [1.54, 1.807) is 0 Å². The molecule has 2 heteroatoms. The van der Waals surface area contributed by atoms with E-state index in [9.17, 15) is 5.11 Å². The molecule has 2 nitrogen and oxygen atoms in total. The number of hydrogen-bond acceptors (Lipinski definition) is 2. The van der Waals surface area contributed by atoms with Crippen LogP contribution in [0.3, 0.4) is 0 Å². The lowest BCUT2D eigenvalue weighted by Crippen LogP contribution is -2.58. The van der Waals surface area contributed by atoms with E-state index in [2.05, 4.69) is 27.7 Å². The number of ether oxygens (including phenoxy) is 1. The summed E-state index contributed by atoms with van der Waals surface area (Å²) in [6.07, 6.45) is 12.6. The molecule has 0 aromatic heterocycles. The zero-order valence-electron chi connectivity index (χ0n) is 17.5. The Hall–Kier alpha value is -0.0800. The Morgan fingerprint density at radius 1 is 1.00 bits per heavy atom. The minimum atomic E-state index is -0.388. The molecule has 1 heterocycles. The fraction of sp³-hybridized carbons (Fsp3) is 1.00. The van der Waals surface area contributed by atoms with Crippen molar-refractivity contribution in [3.63, 3.8) is 0 Å². The van der Waals surface area contributed by atoms with Crippen molar-refractivity contribution >= 4 is 0 Å². The van der Waals surface area contributed by atoms with Crippen LogP contribution in [0.5, 0.6) is 0 Å². The van der Waals surface area contributed by atoms with Gasteiger partial charge in [-0.25, -0.2) is 0 Å². The third kappa shape index (κ3) is 2.12. The van der Waals surface area contributed by atoms with E-state index in [0.717, 1.165) is 55.5 Å². The Morgan fingerprint density at radius 3 is 2.42 bits per heavy atom. The minimum Gasteiger partial charge on any atom is -0.389 e. The average molecular weight is 361 g/mol. The smallest absolute Gasteiger partial charge is 0.0944 e. The summed E-state index contributed by atoms with van der Waals surface area (Å²) in [4.78, 5) is 0. The van der Waals surface area contributed by atoms with Crippen molar-refractivity contribution in [2.24, 2.45) is 40.4 Å². The van der Waals surface area contributed by atoms with Crippen molar-refractivity contribution in [3.8, 4) is 0 Å². The van der Waals surface area contributed by atoms with Crippen LogP contribution in [-0.4, -0.2) is 22.9 Å². The second-order valence-corrected chi connectivity index (χ2v) is 11.6. The highest BCUT2D eigenvalue weighted by molar-refractivity contribution is 5.16. The van der Waals surface area contributed by atoms with E-state index in [1.807, 2.05) is 0 Å². The molecule has 5 aliphatic rings. The van der Waals surface area contributed by atoms with Crippen LogP contribution in [0.15, 0.2) is 0 Å². The third-order valence-electron chi connectivity index (χ3n) is 10.8. The van der Waals surface area contributed by atoms with Gasteiger partial charge in [-0.2, -0.15) is 0 Å². The zero-order valence-corrected chi connectivity index (χ0v) is 17.5. The highest BCUT2D eigenvalue weighted by atomic mass is 16.6. The first-order chi connectivity index (χ1) is 12.3. The van der Waals surface area contributed by atoms with E-state index in [1.165, 1.54) is 44.9 Å². The van der Waals surface area contributed by atoms with Crippen LogP contribution in [0.4, 0.5) is 0 Å². The van der Waals surface area contributed by atoms with Gasteiger partial charge in [0.2, 0.25) is 0 Å². The molecular weight excluding hydrogens is 320 g/mol. The molecule has 0 aromatic rings. The summed E-state index contributed by atoms with van der Waals surface area (Å²) >= 11 is 0. The second kappa shape index (κ2) is 5.50. The summed E-state index contributed by atoms with van der Waals surface area (Å²) < 4.78 is 5.99. The maximum Gasteiger partial charge on any atom is 0.0944 e. The first kappa shape index (κ1) is 18.0. The molecule has 5 rings (SSSR count). The molecule has 0 bridgehead atoms. The molecule has 5 fully saturated rings. The van der Waals surface area contributed by atoms with Crippen molar-refractivity contribution < 1.29 is 9.84 Å². The van der Waals surface area contributed by atoms with Crippen LogP contribution in [0, 0.1) is 40.4 Å². The van der Waals surface area contributed by atoms with Crippen LogP contribution < -0.4 is 0 Å². The van der Waals surface area contributed by atoms with Crippen molar-refractivity contribution in [3.05, 3.63) is 0 Å². The summed E-state index contributed by atoms with van der Waals surface area (Å²) in [5.74, 6) is 4.13. The molecule has 1 saturated heterocycles. The van der Waals surface area contributed by atoms with Crippen molar-refractivity contribution in [2.75, 3.05) is 6.61 Å². The van der Waals surface area contributed by atoms with E-state index in [-0.39, 0.29) is 16.6 Å². The lowest BCUT2D eigenvalue weighted by atomic mass is 9.43. The topological polar surface area (TPSA) is 32.8 Å². The van der Waals surface area contributed by atoms with Crippen LogP contribution in [0.2, 0.25) is 0 Å². The summed E-state index contributed by atoms with van der Waals surface area (Å²) in [5, 5.41) is 11.5. The zero-order chi connectivity index (χ0) is 18.4. The fourth-order valence-electron chi connectivity index (χ4n) is 9.08. The number of epoxide rings is 1. The maximum absolute atomic E-state index is 11.5. The van der Waals surface area contributed by atoms with E-state index in [0.29, 0.717) is 5.41 Å². The summed E-state index contributed by atoms with van der Waals surface area (Å²) in [5.41, 5.74) is 0.580. The largest absolute Gasteiger partial charge is 0.389 e. The third-order valence-corrected chi connectivity index (χ3v) is 10.8. The van der Waals surface area contributed by atoms with E-state index < -0.39 is 0 Å². The van der Waals surface area contributed by atoms with Gasteiger partial charge in [0.15, 0.2) is 0 Å². The van der Waals surface area contributed by atoms with Gasteiger partial charge in [0.1, 0.15) is 0 Å². The molecule has 26 heavy (non-hydrogen) atoms. The van der Waals surface area contributed by atoms with Crippen LogP contribution in [0.25, 0.3) is 0 Å². The van der Waals surface area contributed by atoms with Crippen LogP contribution >= 0.6 is 0 Å². The summed E-state index contributed by atoms with van der Waals surface area (Å²) in [6, 6.07) is 0. The van der Waals surface area contributed by atoms with Gasteiger partial charge in [-0.05, 0) is 98.2 Å². The molecule has 148 valence electrons. The summed E-state index contributed by atoms with van der Waals surface area (Å²) in [7, 11) is 0. The van der Waals surface area contributed by atoms with E-state index in [4.69, 9.17) is 4.74 Å². The predicted molar refractivity (Wildman–Crippen MR) is 105 cm³/mol. The van der Waals surface area contributed by atoms with Gasteiger partial charge in [0.25, 0.3) is 0 Å². The Balaban J connectivity index is 1.43. The van der Waals surface area contributed by atoms with Gasteiger partial charge < -0.3 is 9.84 Å². The highest BCUT2D eigenvalue weighted by Crippen LogP contribution is 2.70. The molecule has 1 spiro atoms. The summed E-state index contributed by atoms with van der Waals surface area (Å²) in [6.45, 7) is 10.8. The van der Waals surface area contributed by atoms with E-state index >= 15 is 0 Å². The van der Waals surface area contributed by atoms with Gasteiger partial charge in [0.05, 0.1) is 17.8 Å². The Labute approximate surface area is 160 Å². The lowest BCUT2D eigenvalue weighted by molar-refractivity contribution is -0.163. The molecule has 9 atom stereocenters. The molecule has 4 aliphatic carbocycles. The van der Waals surface area contributed by atoms with Crippen molar-refractivity contribution in [2.45, 2.75) is 103 Å². The van der Waals surface area contributed by atoms with Crippen LogP contribution in [-0.2, 0) is 4.74 Å². The van der Waals surface area contributed by atoms with Crippen molar-refractivity contribution in [1.29, 1.82) is 0 Å². The van der Waals surface area contributed by atoms with Gasteiger partial charge in [-0.3, -0.25) is 0 Å². The molecule has 0 radical (unpaired) electrons. The molecule has 0 amide bonds. The predicted octanol–water partition coefficient (Wildman–Crippen LogP) is 5.58. The monoisotopic (exact) mass is 360 g/mol. The normalized spacial score (nSPS) is 61.0. The fourth-order valence-corrected chi connectivity index (χ4v) is 9.08. The average Bonchev–Trinajstić information content (AvgIpc) is 3.31. The van der Waals surface area contributed by atoms with Crippen LogP contribution in [0.1, 0.15) is 91.9 Å². The first-order valence-corrected chi connectivity index (χ1v) is 11.6. The molecular formula is C24H40O2.